The summed E-state index contributed by atoms with van der Waals surface area (Å²) in [5.74, 6) is -0.114. The lowest BCUT2D eigenvalue weighted by atomic mass is 10.1. The smallest absolute Gasteiger partial charge is 0.305 e. The van der Waals surface area contributed by atoms with Crippen LogP contribution in [0.15, 0.2) is 0 Å². The number of hydrogen-bond acceptors (Lipinski definition) is 4. The molecule has 1 fully saturated rings. The fraction of sp³-hybridized carbons (Fsp3) is 0.900. The van der Waals surface area contributed by atoms with Gasteiger partial charge < -0.3 is 15.4 Å². The Morgan fingerprint density at radius 1 is 1.50 bits per heavy atom. The highest BCUT2D eigenvalue weighted by Gasteiger charge is 2.11. The third kappa shape index (κ3) is 4.58. The summed E-state index contributed by atoms with van der Waals surface area (Å²) in [6.07, 6.45) is 3.78. The van der Waals surface area contributed by atoms with Gasteiger partial charge in [-0.1, -0.05) is 0 Å². The van der Waals surface area contributed by atoms with Crippen molar-refractivity contribution in [1.82, 2.24) is 10.6 Å². The van der Waals surface area contributed by atoms with Crippen LogP contribution >= 0.6 is 0 Å². The van der Waals surface area contributed by atoms with Gasteiger partial charge in [-0.25, -0.2) is 0 Å². The Hall–Kier alpha value is -0.610. The quantitative estimate of drug-likeness (QED) is 0.494. The Kier molecular flexibility index (Phi) is 5.56. The molecule has 1 saturated heterocycles. The van der Waals surface area contributed by atoms with E-state index in [1.54, 1.807) is 0 Å². The number of methoxy groups -OCH3 is 1. The minimum atomic E-state index is -0.114. The highest BCUT2D eigenvalue weighted by Crippen LogP contribution is 2.02. The summed E-state index contributed by atoms with van der Waals surface area (Å²) in [7, 11) is 1.43. The molecule has 1 aliphatic heterocycles. The second kappa shape index (κ2) is 6.79. The molecule has 1 heterocycles. The summed E-state index contributed by atoms with van der Waals surface area (Å²) < 4.78 is 4.57. The highest BCUT2D eigenvalue weighted by molar-refractivity contribution is 5.69. The topological polar surface area (TPSA) is 50.4 Å². The predicted octanol–water partition coefficient (Wildman–Crippen LogP) is 0.281. The van der Waals surface area contributed by atoms with E-state index in [1.807, 2.05) is 0 Å². The first-order chi connectivity index (χ1) is 6.83. The first kappa shape index (κ1) is 11.5. The molecule has 0 aromatic heterocycles. The van der Waals surface area contributed by atoms with E-state index in [0.29, 0.717) is 12.5 Å². The molecule has 0 bridgehead atoms. The maximum Gasteiger partial charge on any atom is 0.305 e. The van der Waals surface area contributed by atoms with Crippen LogP contribution in [0, 0.1) is 0 Å². The summed E-state index contributed by atoms with van der Waals surface area (Å²) in [6, 6.07) is 0.633. The lowest BCUT2D eigenvalue weighted by molar-refractivity contribution is -0.140. The largest absolute Gasteiger partial charge is 0.469 e. The van der Waals surface area contributed by atoms with Gasteiger partial charge in [0.05, 0.1) is 7.11 Å². The number of rotatable bonds is 5. The fourth-order valence-electron chi connectivity index (χ4n) is 1.67. The molecule has 0 saturated carbocycles. The van der Waals surface area contributed by atoms with Gasteiger partial charge in [-0.2, -0.15) is 0 Å². The van der Waals surface area contributed by atoms with Crippen molar-refractivity contribution in [3.05, 3.63) is 0 Å². The third-order valence-electron chi connectivity index (χ3n) is 2.56. The molecule has 0 aromatic carbocycles. The van der Waals surface area contributed by atoms with Crippen LogP contribution in [0.5, 0.6) is 0 Å². The molecular weight excluding hydrogens is 180 g/mol. The van der Waals surface area contributed by atoms with Crippen LogP contribution in [0.1, 0.15) is 25.7 Å². The molecular formula is C10H20N2O2. The minimum absolute atomic E-state index is 0.114. The summed E-state index contributed by atoms with van der Waals surface area (Å²) >= 11 is 0. The van der Waals surface area contributed by atoms with Crippen LogP contribution in [-0.2, 0) is 9.53 Å². The third-order valence-corrected chi connectivity index (χ3v) is 2.56. The van der Waals surface area contributed by atoms with Gasteiger partial charge in [-0.3, -0.25) is 4.79 Å². The first-order valence-electron chi connectivity index (χ1n) is 5.34. The van der Waals surface area contributed by atoms with Gasteiger partial charge in [0.15, 0.2) is 0 Å². The van der Waals surface area contributed by atoms with Gasteiger partial charge in [-0.05, 0) is 38.9 Å². The second-order valence-electron chi connectivity index (χ2n) is 3.66. The molecule has 82 valence electrons. The van der Waals surface area contributed by atoms with E-state index in [0.717, 1.165) is 26.1 Å². The van der Waals surface area contributed by atoms with Gasteiger partial charge in [0.2, 0.25) is 0 Å². The molecule has 0 aromatic rings. The molecule has 0 radical (unpaired) electrons. The Morgan fingerprint density at radius 3 is 2.86 bits per heavy atom. The van der Waals surface area contributed by atoms with Crippen LogP contribution in [0.2, 0.25) is 0 Å². The van der Waals surface area contributed by atoms with E-state index in [9.17, 15) is 4.79 Å². The van der Waals surface area contributed by atoms with Crippen molar-refractivity contribution >= 4 is 5.97 Å². The SMILES string of the molecule is COC(=O)CCCNC1CCNCC1. The van der Waals surface area contributed by atoms with Crippen LogP contribution < -0.4 is 10.6 Å². The van der Waals surface area contributed by atoms with Crippen molar-refractivity contribution in [2.45, 2.75) is 31.7 Å². The molecule has 1 aliphatic rings. The molecule has 0 amide bonds. The number of carbonyl (C=O) groups excluding carboxylic acids is 1. The van der Waals surface area contributed by atoms with Gasteiger partial charge in [0.1, 0.15) is 0 Å². The van der Waals surface area contributed by atoms with Crippen molar-refractivity contribution in [1.29, 1.82) is 0 Å². The molecule has 0 atom stereocenters. The van der Waals surface area contributed by atoms with Crippen LogP contribution in [-0.4, -0.2) is 38.8 Å². The summed E-state index contributed by atoms with van der Waals surface area (Å²) in [4.78, 5) is 10.8. The van der Waals surface area contributed by atoms with Crippen LogP contribution in [0.25, 0.3) is 0 Å². The molecule has 0 unspecified atom stereocenters. The highest BCUT2D eigenvalue weighted by atomic mass is 16.5. The first-order valence-corrected chi connectivity index (χ1v) is 5.34. The van der Waals surface area contributed by atoms with E-state index >= 15 is 0 Å². The van der Waals surface area contributed by atoms with E-state index in [4.69, 9.17) is 0 Å². The zero-order valence-electron chi connectivity index (χ0n) is 8.84. The average Bonchev–Trinajstić information content (AvgIpc) is 2.25. The van der Waals surface area contributed by atoms with E-state index < -0.39 is 0 Å². The summed E-state index contributed by atoms with van der Waals surface area (Å²) in [6.45, 7) is 3.13. The van der Waals surface area contributed by atoms with Crippen LogP contribution in [0.3, 0.4) is 0 Å². The van der Waals surface area contributed by atoms with E-state index in [-0.39, 0.29) is 5.97 Å². The number of esters is 1. The van der Waals surface area contributed by atoms with Gasteiger partial charge in [0, 0.05) is 12.5 Å². The average molecular weight is 200 g/mol. The van der Waals surface area contributed by atoms with Crippen molar-refractivity contribution in [3.8, 4) is 0 Å². The maximum atomic E-state index is 10.8. The van der Waals surface area contributed by atoms with Gasteiger partial charge in [0.25, 0.3) is 0 Å². The number of piperidine rings is 1. The normalized spacial score (nSPS) is 18.1. The fourth-order valence-corrected chi connectivity index (χ4v) is 1.67. The van der Waals surface area contributed by atoms with E-state index in [1.165, 1.54) is 20.0 Å². The number of hydrogen-bond donors (Lipinski definition) is 2. The lowest BCUT2D eigenvalue weighted by Crippen LogP contribution is -2.40. The number of nitrogens with one attached hydrogen (secondary N) is 2. The Bertz CT molecular complexity index is 168. The lowest BCUT2D eigenvalue weighted by Gasteiger charge is -2.23. The summed E-state index contributed by atoms with van der Waals surface area (Å²) in [5, 5.41) is 6.77. The molecule has 14 heavy (non-hydrogen) atoms. The molecule has 0 aliphatic carbocycles. The van der Waals surface area contributed by atoms with Crippen molar-refractivity contribution in [2.75, 3.05) is 26.7 Å². The zero-order chi connectivity index (χ0) is 10.2. The Balaban J connectivity index is 1.94. The predicted molar refractivity (Wildman–Crippen MR) is 55.1 cm³/mol. The molecule has 2 N–H and O–H groups in total. The van der Waals surface area contributed by atoms with Gasteiger partial charge in [-0.15, -0.1) is 0 Å². The van der Waals surface area contributed by atoms with Gasteiger partial charge >= 0.3 is 5.97 Å². The molecule has 4 heteroatoms. The number of carbonyl (C=O) groups is 1. The monoisotopic (exact) mass is 200 g/mol. The van der Waals surface area contributed by atoms with Crippen LogP contribution in [0.4, 0.5) is 0 Å². The summed E-state index contributed by atoms with van der Waals surface area (Å²) in [5.41, 5.74) is 0. The zero-order valence-corrected chi connectivity index (χ0v) is 8.84. The number of ether oxygens (including phenoxy) is 1. The van der Waals surface area contributed by atoms with E-state index in [2.05, 4.69) is 15.4 Å². The van der Waals surface area contributed by atoms with Crippen molar-refractivity contribution in [2.24, 2.45) is 0 Å². The standard InChI is InChI=1S/C10H20N2O2/c1-14-10(13)3-2-6-12-9-4-7-11-8-5-9/h9,11-12H,2-8H2,1H3. The maximum absolute atomic E-state index is 10.8. The Morgan fingerprint density at radius 2 is 2.21 bits per heavy atom. The Labute approximate surface area is 85.4 Å². The van der Waals surface area contributed by atoms with Crippen molar-refractivity contribution in [3.63, 3.8) is 0 Å². The second-order valence-corrected chi connectivity index (χ2v) is 3.66. The molecule has 0 spiro atoms. The minimum Gasteiger partial charge on any atom is -0.469 e. The van der Waals surface area contributed by atoms with Crippen molar-refractivity contribution < 1.29 is 9.53 Å². The molecule has 1 rings (SSSR count). The molecule has 4 nitrogen and oxygen atoms in total.